The second kappa shape index (κ2) is 17.3. The first-order chi connectivity index (χ1) is 24.3. The molecule has 0 N–H and O–H groups in total. The van der Waals surface area contributed by atoms with Crippen LogP contribution in [-0.2, 0) is 11.3 Å². The maximum absolute atomic E-state index is 14.2. The van der Waals surface area contributed by atoms with E-state index in [-0.39, 0.29) is 36.6 Å². The Morgan fingerprint density at radius 1 is 1.06 bits per heavy atom. The van der Waals surface area contributed by atoms with Crippen molar-refractivity contribution in [2.45, 2.75) is 65.7 Å². The van der Waals surface area contributed by atoms with Gasteiger partial charge in [0.2, 0.25) is 5.91 Å². The lowest BCUT2D eigenvalue weighted by Crippen LogP contribution is -2.54. The summed E-state index contributed by atoms with van der Waals surface area (Å²) in [6.45, 7) is 9.96. The highest BCUT2D eigenvalue weighted by Gasteiger charge is 2.38. The summed E-state index contributed by atoms with van der Waals surface area (Å²) in [5, 5.41) is 0. The molecule has 3 aliphatic rings. The Morgan fingerprint density at radius 2 is 1.78 bits per heavy atom. The van der Waals surface area contributed by atoms with Crippen molar-refractivity contribution in [1.82, 2.24) is 19.7 Å². The predicted molar refractivity (Wildman–Crippen MR) is 199 cm³/mol. The van der Waals surface area contributed by atoms with Crippen LogP contribution in [0.1, 0.15) is 58.6 Å². The number of urea groups is 1. The van der Waals surface area contributed by atoms with Crippen molar-refractivity contribution in [1.29, 1.82) is 0 Å². The molecule has 0 radical (unpaired) electrons. The lowest BCUT2D eigenvalue weighted by atomic mass is 9.97. The Morgan fingerprint density at radius 3 is 2.47 bits per heavy atom. The van der Waals surface area contributed by atoms with Gasteiger partial charge in [0.05, 0.1) is 23.3 Å². The molecular formula is C40H49F3N6O2. The van der Waals surface area contributed by atoms with Crippen molar-refractivity contribution in [3.63, 3.8) is 0 Å². The average Bonchev–Trinajstić information content (AvgIpc) is 3.34. The van der Waals surface area contributed by atoms with E-state index in [0.29, 0.717) is 31.7 Å². The number of carbonyl (C=O) groups excluding carboxylic acids is 2. The van der Waals surface area contributed by atoms with E-state index < -0.39 is 17.3 Å². The molecule has 3 amide bonds. The molecule has 11 heteroatoms. The van der Waals surface area contributed by atoms with E-state index >= 15 is 0 Å². The van der Waals surface area contributed by atoms with Crippen LogP contribution in [0, 0.1) is 5.92 Å². The fourth-order valence-electron chi connectivity index (χ4n) is 6.07. The molecule has 1 aromatic heterocycles. The second-order valence-electron chi connectivity index (χ2n) is 13.2. The van der Waals surface area contributed by atoms with Crippen LogP contribution in [0.5, 0.6) is 0 Å². The molecule has 0 spiro atoms. The molecule has 1 fully saturated rings. The highest BCUT2D eigenvalue weighted by atomic mass is 19.4. The number of allylic oxidation sites excluding steroid dienone is 9. The van der Waals surface area contributed by atoms with Gasteiger partial charge >= 0.3 is 12.2 Å². The Labute approximate surface area is 300 Å². The van der Waals surface area contributed by atoms with Crippen molar-refractivity contribution in [2.75, 3.05) is 38.1 Å². The van der Waals surface area contributed by atoms with Crippen LogP contribution in [0.4, 0.5) is 23.7 Å². The third-order valence-electron chi connectivity index (χ3n) is 9.07. The number of halogens is 3. The molecule has 272 valence electrons. The predicted octanol–water partition coefficient (Wildman–Crippen LogP) is 8.42. The molecule has 4 heterocycles. The minimum Gasteiger partial charge on any atom is -0.368 e. The first-order valence-corrected chi connectivity index (χ1v) is 17.3. The molecule has 3 aliphatic heterocycles. The Bertz CT molecular complexity index is 1710. The molecule has 1 aromatic rings. The second-order valence-corrected chi connectivity index (χ2v) is 13.2. The van der Waals surface area contributed by atoms with Gasteiger partial charge in [-0.15, -0.1) is 0 Å². The smallest absolute Gasteiger partial charge is 0.368 e. The van der Waals surface area contributed by atoms with Crippen LogP contribution in [-0.4, -0.2) is 82.8 Å². The molecule has 0 bridgehead atoms. The van der Waals surface area contributed by atoms with Gasteiger partial charge in [0.25, 0.3) is 0 Å². The standard InChI is InChI=1S/C40H49F3N6O2/c1-7-9-10-11-13-31-15-16-33(27-45-26-31)32-14-12-21-44-28-34-29-46(6)38(51)49(36(34)18-17-32)39(4,5)20-19-35(30(3)40(41,42)43)47-22-24-48(25-23-47)37(50)8-2/h7,9,11-21,26-28,31H,8,10,22-25,29H2,1-6H3/b9-7-,13-11?,14-12?,18-17?,20-19-,21-12?,32-14?,32-17?,34-28?,35-30-,36-18?,44-21?,44-28?. The topological polar surface area (TPSA) is 72.4 Å². The number of aliphatic imine (C=N–C) groups is 1. The van der Waals surface area contributed by atoms with Gasteiger partial charge in [-0.25, -0.2) is 4.79 Å². The molecule has 1 saturated heterocycles. The lowest BCUT2D eigenvalue weighted by Gasteiger charge is -2.43. The minimum absolute atomic E-state index is 0.0203. The number of alkyl halides is 3. The Balaban J connectivity index is 1.74. The van der Waals surface area contributed by atoms with E-state index in [1.165, 1.54) is 6.08 Å². The van der Waals surface area contributed by atoms with Crippen LogP contribution in [0.15, 0.2) is 108 Å². The largest absolute Gasteiger partial charge is 0.414 e. The van der Waals surface area contributed by atoms with Gasteiger partial charge in [-0.1, -0.05) is 61.6 Å². The zero-order valence-corrected chi connectivity index (χ0v) is 30.4. The number of hydrogen-bond acceptors (Lipinski definition) is 5. The highest BCUT2D eigenvalue weighted by molar-refractivity contribution is 5.96. The van der Waals surface area contributed by atoms with Crippen LogP contribution in [0.25, 0.3) is 5.57 Å². The van der Waals surface area contributed by atoms with E-state index in [0.717, 1.165) is 30.0 Å². The molecule has 51 heavy (non-hydrogen) atoms. The summed E-state index contributed by atoms with van der Waals surface area (Å²) >= 11 is 0. The fourth-order valence-corrected chi connectivity index (χ4v) is 6.07. The van der Waals surface area contributed by atoms with Crippen LogP contribution in [0.2, 0.25) is 0 Å². The van der Waals surface area contributed by atoms with Gasteiger partial charge in [0, 0.05) is 81.6 Å². The number of anilines is 1. The summed E-state index contributed by atoms with van der Waals surface area (Å²) in [6, 6.07) is 7.26. The van der Waals surface area contributed by atoms with Crippen molar-refractivity contribution < 1.29 is 22.8 Å². The van der Waals surface area contributed by atoms with Gasteiger partial charge < -0.3 is 14.7 Å². The number of aromatic nitrogens is 1. The number of carbonyl (C=O) groups is 2. The monoisotopic (exact) mass is 702 g/mol. The normalized spacial score (nSPS) is 19.0. The minimum atomic E-state index is -4.56. The summed E-state index contributed by atoms with van der Waals surface area (Å²) < 4.78 is 42.5. The third kappa shape index (κ3) is 10.1. The number of amides is 3. The maximum atomic E-state index is 14.2. The molecular weight excluding hydrogens is 653 g/mol. The zero-order chi connectivity index (χ0) is 37.2. The Kier molecular flexibility index (Phi) is 13.2. The average molecular weight is 703 g/mol. The van der Waals surface area contributed by atoms with Gasteiger partial charge in [0.15, 0.2) is 0 Å². The molecule has 0 aromatic carbocycles. The summed E-state index contributed by atoms with van der Waals surface area (Å²) in [4.78, 5) is 41.7. The first-order valence-electron chi connectivity index (χ1n) is 17.3. The quantitative estimate of drug-likeness (QED) is 0.191. The van der Waals surface area contributed by atoms with Crippen molar-refractivity contribution in [2.24, 2.45) is 10.9 Å². The first kappa shape index (κ1) is 38.9. The summed E-state index contributed by atoms with van der Waals surface area (Å²) in [6.07, 6.45) is 19.2. The lowest BCUT2D eigenvalue weighted by molar-refractivity contribution is -0.132. The van der Waals surface area contributed by atoms with Gasteiger partial charge in [-0.2, -0.15) is 13.2 Å². The van der Waals surface area contributed by atoms with E-state index in [1.54, 1.807) is 72.1 Å². The van der Waals surface area contributed by atoms with Crippen molar-refractivity contribution >= 4 is 29.4 Å². The maximum Gasteiger partial charge on any atom is 0.414 e. The molecule has 4 rings (SSSR count). The molecule has 0 aliphatic carbocycles. The molecule has 1 atom stereocenters. The Hall–Kier alpha value is -4.93. The molecule has 8 nitrogen and oxygen atoms in total. The summed E-state index contributed by atoms with van der Waals surface area (Å²) in [7, 11) is 1.69. The number of piperazine rings is 1. The summed E-state index contributed by atoms with van der Waals surface area (Å²) in [5.74, 6) is 0.0212. The van der Waals surface area contributed by atoms with Crippen molar-refractivity contribution in [3.05, 3.63) is 114 Å². The summed E-state index contributed by atoms with van der Waals surface area (Å²) in [5.41, 5.74) is 1.29. The number of nitrogens with zero attached hydrogens (tertiary/aromatic N) is 6. The van der Waals surface area contributed by atoms with Crippen molar-refractivity contribution in [3.8, 4) is 0 Å². The van der Waals surface area contributed by atoms with Crippen LogP contribution in [0.3, 0.4) is 0 Å². The van der Waals surface area contributed by atoms with Gasteiger partial charge in [0.1, 0.15) is 0 Å². The third-order valence-corrected chi connectivity index (χ3v) is 9.07. The van der Waals surface area contributed by atoms with Gasteiger partial charge in [-0.3, -0.25) is 19.7 Å². The number of fused-ring (bicyclic) bond motifs is 1. The van der Waals surface area contributed by atoms with Crippen LogP contribution >= 0.6 is 0 Å². The number of hydrogen-bond donors (Lipinski definition) is 0. The van der Waals surface area contributed by atoms with E-state index in [4.69, 9.17) is 0 Å². The SMILES string of the molecule is C/C=C\CC=CC1C=CC(c2cccncc3c(cc2)N(C(C)(C)/C=C\C(=C(/C)C(F)(F)F)N2CCN(C(=O)CC)CC2)C(=O)N(C)C3)=CN=C1. The highest BCUT2D eigenvalue weighted by Crippen LogP contribution is 2.35. The molecule has 1 unspecified atom stereocenters. The molecule has 0 saturated carbocycles. The van der Waals surface area contributed by atoms with E-state index in [9.17, 15) is 22.8 Å². The van der Waals surface area contributed by atoms with E-state index in [2.05, 4.69) is 34.3 Å². The fraction of sp³-hybridized carbons (Fsp3) is 0.400. The van der Waals surface area contributed by atoms with Crippen LogP contribution < -0.4 is 4.90 Å². The zero-order valence-electron chi connectivity index (χ0n) is 30.4. The van der Waals surface area contributed by atoms with E-state index in [1.807, 2.05) is 49.6 Å². The van der Waals surface area contributed by atoms with Gasteiger partial charge in [-0.05, 0) is 63.5 Å². The number of rotatable bonds is 9.